The molecule has 1 aliphatic carbocycles. The molecule has 1 aliphatic rings. The van der Waals surface area contributed by atoms with E-state index in [1.807, 2.05) is 6.08 Å². The zero-order valence-electron chi connectivity index (χ0n) is 8.38. The normalized spacial score (nSPS) is 17.8. The number of allylic oxidation sites excluding steroid dienone is 2. The van der Waals surface area contributed by atoms with Gasteiger partial charge in [-0.1, -0.05) is 0 Å². The molecule has 0 bridgehead atoms. The minimum absolute atomic E-state index is 0.295. The SMILES string of the molecule is Cc1sccc1C1=CC(=O)CCCC1. The maximum atomic E-state index is 11.4. The summed E-state index contributed by atoms with van der Waals surface area (Å²) in [6, 6.07) is 2.13. The van der Waals surface area contributed by atoms with Crippen molar-refractivity contribution in [2.24, 2.45) is 0 Å². The molecule has 74 valence electrons. The van der Waals surface area contributed by atoms with Crippen LogP contribution in [0, 0.1) is 6.92 Å². The molecule has 0 aliphatic heterocycles. The van der Waals surface area contributed by atoms with Crippen LogP contribution in [-0.4, -0.2) is 5.78 Å². The van der Waals surface area contributed by atoms with Gasteiger partial charge in [-0.15, -0.1) is 11.3 Å². The summed E-state index contributed by atoms with van der Waals surface area (Å²) < 4.78 is 0. The molecule has 0 spiro atoms. The lowest BCUT2D eigenvalue weighted by atomic mass is 10.0. The van der Waals surface area contributed by atoms with Crippen molar-refractivity contribution in [3.8, 4) is 0 Å². The molecular formula is C12H14OS. The molecule has 0 atom stereocenters. The van der Waals surface area contributed by atoms with Crippen molar-refractivity contribution in [1.82, 2.24) is 0 Å². The van der Waals surface area contributed by atoms with Crippen LogP contribution in [0.25, 0.3) is 5.57 Å². The lowest BCUT2D eigenvalue weighted by Gasteiger charge is -2.03. The van der Waals surface area contributed by atoms with Crippen molar-refractivity contribution >= 4 is 22.7 Å². The second-order valence-electron chi connectivity index (χ2n) is 3.73. The van der Waals surface area contributed by atoms with Crippen molar-refractivity contribution in [1.29, 1.82) is 0 Å². The first kappa shape index (κ1) is 9.66. The van der Waals surface area contributed by atoms with Gasteiger partial charge >= 0.3 is 0 Å². The van der Waals surface area contributed by atoms with Crippen LogP contribution in [0.5, 0.6) is 0 Å². The predicted molar refractivity (Wildman–Crippen MR) is 60.5 cm³/mol. The molecule has 1 aromatic rings. The van der Waals surface area contributed by atoms with Crippen molar-refractivity contribution < 1.29 is 4.79 Å². The lowest BCUT2D eigenvalue weighted by Crippen LogP contribution is -1.90. The molecule has 1 heterocycles. The third-order valence-corrected chi connectivity index (χ3v) is 3.50. The molecule has 0 amide bonds. The topological polar surface area (TPSA) is 17.1 Å². The molecule has 2 heteroatoms. The highest BCUT2D eigenvalue weighted by Crippen LogP contribution is 2.29. The summed E-state index contributed by atoms with van der Waals surface area (Å²) in [4.78, 5) is 12.8. The van der Waals surface area contributed by atoms with E-state index in [4.69, 9.17) is 0 Å². The van der Waals surface area contributed by atoms with E-state index in [2.05, 4.69) is 18.4 Å². The highest BCUT2D eigenvalue weighted by Gasteiger charge is 2.11. The first-order valence-electron chi connectivity index (χ1n) is 5.05. The van der Waals surface area contributed by atoms with Gasteiger partial charge in [-0.25, -0.2) is 0 Å². The van der Waals surface area contributed by atoms with Crippen LogP contribution in [0.4, 0.5) is 0 Å². The third kappa shape index (κ3) is 1.95. The molecule has 14 heavy (non-hydrogen) atoms. The highest BCUT2D eigenvalue weighted by molar-refractivity contribution is 7.10. The fourth-order valence-electron chi connectivity index (χ4n) is 1.88. The fraction of sp³-hybridized carbons (Fsp3) is 0.417. The van der Waals surface area contributed by atoms with E-state index in [9.17, 15) is 4.79 Å². The third-order valence-electron chi connectivity index (χ3n) is 2.66. The van der Waals surface area contributed by atoms with E-state index in [0.29, 0.717) is 5.78 Å². The molecule has 1 nitrogen and oxygen atoms in total. The first-order valence-corrected chi connectivity index (χ1v) is 5.93. The van der Waals surface area contributed by atoms with Gasteiger partial charge in [0.25, 0.3) is 0 Å². The Morgan fingerprint density at radius 1 is 1.29 bits per heavy atom. The van der Waals surface area contributed by atoms with Gasteiger partial charge in [-0.3, -0.25) is 4.79 Å². The van der Waals surface area contributed by atoms with Gasteiger partial charge in [0, 0.05) is 11.3 Å². The Balaban J connectivity index is 2.33. The number of thiophene rings is 1. The molecule has 0 fully saturated rings. The number of rotatable bonds is 1. The van der Waals surface area contributed by atoms with Gasteiger partial charge < -0.3 is 0 Å². The molecule has 0 saturated carbocycles. The van der Waals surface area contributed by atoms with Crippen LogP contribution in [0.2, 0.25) is 0 Å². The summed E-state index contributed by atoms with van der Waals surface area (Å²) in [6.45, 7) is 2.12. The zero-order valence-corrected chi connectivity index (χ0v) is 9.19. The number of hydrogen-bond acceptors (Lipinski definition) is 2. The summed E-state index contributed by atoms with van der Waals surface area (Å²) in [5.41, 5.74) is 2.52. The number of aryl methyl sites for hydroxylation is 1. The Morgan fingerprint density at radius 2 is 2.07 bits per heavy atom. The molecule has 0 unspecified atom stereocenters. The van der Waals surface area contributed by atoms with Gasteiger partial charge in [0.1, 0.15) is 0 Å². The molecule has 0 saturated heterocycles. The van der Waals surface area contributed by atoms with Crippen LogP contribution in [0.1, 0.15) is 36.1 Å². The quantitative estimate of drug-likeness (QED) is 0.686. The Hall–Kier alpha value is -0.890. The number of ketones is 1. The maximum Gasteiger partial charge on any atom is 0.155 e. The van der Waals surface area contributed by atoms with Gasteiger partial charge in [0.2, 0.25) is 0 Å². The second kappa shape index (κ2) is 4.09. The smallest absolute Gasteiger partial charge is 0.155 e. The molecule has 2 rings (SSSR count). The fourth-order valence-corrected chi connectivity index (χ4v) is 2.62. The Bertz CT molecular complexity index is 373. The van der Waals surface area contributed by atoms with E-state index < -0.39 is 0 Å². The van der Waals surface area contributed by atoms with E-state index in [1.54, 1.807) is 11.3 Å². The van der Waals surface area contributed by atoms with Crippen LogP contribution in [0.15, 0.2) is 17.5 Å². The van der Waals surface area contributed by atoms with E-state index >= 15 is 0 Å². The van der Waals surface area contributed by atoms with Gasteiger partial charge in [0.15, 0.2) is 5.78 Å². The van der Waals surface area contributed by atoms with Crippen LogP contribution < -0.4 is 0 Å². The molecular weight excluding hydrogens is 192 g/mol. The lowest BCUT2D eigenvalue weighted by molar-refractivity contribution is -0.114. The average Bonchev–Trinajstić information content (AvgIpc) is 2.45. The molecule has 0 radical (unpaired) electrons. The highest BCUT2D eigenvalue weighted by atomic mass is 32.1. The Morgan fingerprint density at radius 3 is 2.79 bits per heavy atom. The average molecular weight is 206 g/mol. The van der Waals surface area contributed by atoms with Crippen molar-refractivity contribution in [3.05, 3.63) is 28.0 Å². The van der Waals surface area contributed by atoms with Crippen LogP contribution in [0.3, 0.4) is 0 Å². The summed E-state index contributed by atoms with van der Waals surface area (Å²) in [5.74, 6) is 0.295. The van der Waals surface area contributed by atoms with Crippen molar-refractivity contribution in [3.63, 3.8) is 0 Å². The standard InChI is InChI=1S/C12H14OS/c1-9-12(6-7-14-9)10-4-2-3-5-11(13)8-10/h6-8H,2-5H2,1H3. The van der Waals surface area contributed by atoms with Crippen molar-refractivity contribution in [2.45, 2.75) is 32.6 Å². The second-order valence-corrected chi connectivity index (χ2v) is 4.85. The number of carbonyl (C=O) groups is 1. The van der Waals surface area contributed by atoms with Crippen molar-refractivity contribution in [2.75, 3.05) is 0 Å². The number of hydrogen-bond donors (Lipinski definition) is 0. The maximum absolute atomic E-state index is 11.4. The minimum Gasteiger partial charge on any atom is -0.295 e. The molecule has 1 aromatic heterocycles. The van der Waals surface area contributed by atoms with Crippen LogP contribution >= 0.6 is 11.3 Å². The summed E-state index contributed by atoms with van der Waals surface area (Å²) in [5, 5.41) is 2.10. The van der Waals surface area contributed by atoms with Gasteiger partial charge in [0.05, 0.1) is 0 Å². The predicted octanol–water partition coefficient (Wildman–Crippen LogP) is 3.58. The van der Waals surface area contributed by atoms with E-state index in [0.717, 1.165) is 25.7 Å². The van der Waals surface area contributed by atoms with E-state index in [1.165, 1.54) is 16.0 Å². The van der Waals surface area contributed by atoms with Crippen LogP contribution in [-0.2, 0) is 4.79 Å². The molecule has 0 aromatic carbocycles. The van der Waals surface area contributed by atoms with Gasteiger partial charge in [-0.05, 0) is 54.8 Å². The molecule has 0 N–H and O–H groups in total. The zero-order chi connectivity index (χ0) is 9.97. The summed E-state index contributed by atoms with van der Waals surface area (Å²) in [7, 11) is 0. The Kier molecular flexibility index (Phi) is 2.82. The largest absolute Gasteiger partial charge is 0.295 e. The summed E-state index contributed by atoms with van der Waals surface area (Å²) in [6.07, 6.45) is 5.83. The summed E-state index contributed by atoms with van der Waals surface area (Å²) >= 11 is 1.75. The monoisotopic (exact) mass is 206 g/mol. The van der Waals surface area contributed by atoms with Gasteiger partial charge in [-0.2, -0.15) is 0 Å². The first-order chi connectivity index (χ1) is 6.77. The Labute approximate surface area is 88.5 Å². The van der Waals surface area contributed by atoms with E-state index in [-0.39, 0.29) is 0 Å². The minimum atomic E-state index is 0.295. The number of carbonyl (C=O) groups excluding carboxylic acids is 1.